The smallest absolute Gasteiger partial charge is 0.191 e. The van der Waals surface area contributed by atoms with E-state index in [0.29, 0.717) is 12.0 Å². The number of guanidine groups is 1. The van der Waals surface area contributed by atoms with Crippen LogP contribution in [0.25, 0.3) is 10.6 Å². The summed E-state index contributed by atoms with van der Waals surface area (Å²) in [7, 11) is 3.61. The molecule has 28 heavy (non-hydrogen) atoms. The fraction of sp³-hybridized carbons (Fsp3) is 0.524. The van der Waals surface area contributed by atoms with Gasteiger partial charge in [0.15, 0.2) is 5.96 Å². The standard InChI is InChI=1S/C21H30N4OS.HI/c1-22-20(24-16-21(12-13-26-2)10-6-7-11-21)23-14-18-15-27-19(25-18)17-8-4-3-5-9-17;/h3-5,8-9,15H,6-7,10-14,16H2,1-2H3,(H2,22,23,24);1H. The van der Waals surface area contributed by atoms with Crippen LogP contribution >= 0.6 is 35.3 Å². The maximum absolute atomic E-state index is 5.33. The van der Waals surface area contributed by atoms with Crippen molar-refractivity contribution in [3.63, 3.8) is 0 Å². The number of hydrogen-bond donors (Lipinski definition) is 2. The maximum Gasteiger partial charge on any atom is 0.191 e. The zero-order valence-electron chi connectivity index (χ0n) is 16.7. The van der Waals surface area contributed by atoms with E-state index in [9.17, 15) is 0 Å². The van der Waals surface area contributed by atoms with Gasteiger partial charge in [-0.2, -0.15) is 0 Å². The molecule has 0 radical (unpaired) electrons. The summed E-state index contributed by atoms with van der Waals surface area (Å²) in [6, 6.07) is 10.3. The third kappa shape index (κ3) is 6.42. The highest BCUT2D eigenvalue weighted by Gasteiger charge is 2.33. The van der Waals surface area contributed by atoms with Crippen molar-refractivity contribution in [1.29, 1.82) is 0 Å². The zero-order valence-corrected chi connectivity index (χ0v) is 19.9. The Morgan fingerprint density at radius 3 is 2.64 bits per heavy atom. The summed E-state index contributed by atoms with van der Waals surface area (Å²) < 4.78 is 5.33. The summed E-state index contributed by atoms with van der Waals surface area (Å²) in [6.07, 6.45) is 6.29. The van der Waals surface area contributed by atoms with Gasteiger partial charge in [0.25, 0.3) is 0 Å². The van der Waals surface area contributed by atoms with Crippen LogP contribution in [0.5, 0.6) is 0 Å². The highest BCUT2D eigenvalue weighted by molar-refractivity contribution is 14.0. The van der Waals surface area contributed by atoms with Crippen molar-refractivity contribution in [1.82, 2.24) is 15.6 Å². The Morgan fingerprint density at radius 2 is 1.96 bits per heavy atom. The lowest BCUT2D eigenvalue weighted by molar-refractivity contribution is 0.138. The second-order valence-corrected chi connectivity index (χ2v) is 8.10. The molecule has 1 aliphatic rings. The van der Waals surface area contributed by atoms with Crippen molar-refractivity contribution < 1.29 is 4.74 Å². The molecule has 154 valence electrons. The topological polar surface area (TPSA) is 58.5 Å². The summed E-state index contributed by atoms with van der Waals surface area (Å²) in [5.41, 5.74) is 2.55. The number of hydrogen-bond acceptors (Lipinski definition) is 4. The molecule has 1 saturated carbocycles. The van der Waals surface area contributed by atoms with Crippen LogP contribution in [0, 0.1) is 5.41 Å². The molecule has 2 aromatic rings. The Morgan fingerprint density at radius 1 is 1.21 bits per heavy atom. The van der Waals surface area contributed by atoms with Crippen molar-refractivity contribution >= 4 is 41.3 Å². The highest BCUT2D eigenvalue weighted by atomic mass is 127. The lowest BCUT2D eigenvalue weighted by Gasteiger charge is -2.29. The first kappa shape index (κ1) is 23.1. The van der Waals surface area contributed by atoms with Crippen molar-refractivity contribution in [2.24, 2.45) is 10.4 Å². The van der Waals surface area contributed by atoms with Gasteiger partial charge in [-0.3, -0.25) is 4.99 Å². The quantitative estimate of drug-likeness (QED) is 0.305. The Labute approximate surface area is 189 Å². The predicted octanol–water partition coefficient (Wildman–Crippen LogP) is 4.69. The summed E-state index contributed by atoms with van der Waals surface area (Å²) in [4.78, 5) is 9.11. The maximum atomic E-state index is 5.33. The number of rotatable bonds is 8. The molecule has 0 spiro atoms. The molecule has 7 heteroatoms. The molecule has 1 aromatic carbocycles. The Hall–Kier alpha value is -1.19. The van der Waals surface area contributed by atoms with E-state index in [4.69, 9.17) is 9.72 Å². The minimum absolute atomic E-state index is 0. The molecule has 1 aromatic heterocycles. The van der Waals surface area contributed by atoms with E-state index in [0.717, 1.165) is 41.8 Å². The monoisotopic (exact) mass is 514 g/mol. The molecule has 3 rings (SSSR count). The molecule has 5 nitrogen and oxygen atoms in total. The fourth-order valence-corrected chi connectivity index (χ4v) is 4.55. The molecule has 0 atom stereocenters. The number of thiazole rings is 1. The lowest BCUT2D eigenvalue weighted by atomic mass is 9.83. The second kappa shape index (κ2) is 11.7. The van der Waals surface area contributed by atoms with Crippen LogP contribution in [-0.2, 0) is 11.3 Å². The van der Waals surface area contributed by atoms with Gasteiger partial charge in [-0.25, -0.2) is 4.98 Å². The number of halogens is 1. The van der Waals surface area contributed by atoms with Crippen LogP contribution in [0.4, 0.5) is 0 Å². The minimum Gasteiger partial charge on any atom is -0.385 e. The number of aromatic nitrogens is 1. The van der Waals surface area contributed by atoms with E-state index in [1.54, 1.807) is 18.4 Å². The first-order chi connectivity index (χ1) is 13.2. The van der Waals surface area contributed by atoms with Crippen LogP contribution in [0.15, 0.2) is 40.7 Å². The summed E-state index contributed by atoms with van der Waals surface area (Å²) in [5, 5.41) is 10.1. The molecule has 0 bridgehead atoms. The zero-order chi connectivity index (χ0) is 19.0. The number of aliphatic imine (C=N–C) groups is 1. The first-order valence-corrected chi connectivity index (χ1v) is 10.6. The molecule has 2 N–H and O–H groups in total. The van der Waals surface area contributed by atoms with Crippen LogP contribution in [0.2, 0.25) is 0 Å². The van der Waals surface area contributed by atoms with E-state index in [2.05, 4.69) is 33.1 Å². The van der Waals surface area contributed by atoms with E-state index in [-0.39, 0.29) is 24.0 Å². The second-order valence-electron chi connectivity index (χ2n) is 7.24. The lowest BCUT2D eigenvalue weighted by Crippen LogP contribution is -2.43. The Bertz CT molecular complexity index is 729. The molecule has 0 amide bonds. The molecule has 1 fully saturated rings. The van der Waals surface area contributed by atoms with Gasteiger partial charge in [0.1, 0.15) is 5.01 Å². The highest BCUT2D eigenvalue weighted by Crippen LogP contribution is 2.40. The van der Waals surface area contributed by atoms with Crippen LogP contribution in [0.3, 0.4) is 0 Å². The van der Waals surface area contributed by atoms with E-state index < -0.39 is 0 Å². The van der Waals surface area contributed by atoms with E-state index in [1.807, 2.05) is 25.2 Å². The van der Waals surface area contributed by atoms with Gasteiger partial charge in [-0.1, -0.05) is 43.2 Å². The van der Waals surface area contributed by atoms with Crippen molar-refractivity contribution in [3.8, 4) is 10.6 Å². The molecule has 1 heterocycles. The van der Waals surface area contributed by atoms with Crippen LogP contribution in [-0.4, -0.2) is 38.3 Å². The third-order valence-corrected chi connectivity index (χ3v) is 6.30. The molecule has 0 aliphatic heterocycles. The van der Waals surface area contributed by atoms with Crippen molar-refractivity contribution in [3.05, 3.63) is 41.4 Å². The summed E-state index contributed by atoms with van der Waals surface area (Å²) >= 11 is 1.68. The van der Waals surface area contributed by atoms with Gasteiger partial charge in [0, 0.05) is 38.3 Å². The van der Waals surface area contributed by atoms with Gasteiger partial charge >= 0.3 is 0 Å². The fourth-order valence-electron chi connectivity index (χ4n) is 3.73. The summed E-state index contributed by atoms with van der Waals surface area (Å²) in [6.45, 7) is 2.45. The van der Waals surface area contributed by atoms with Gasteiger partial charge in [-0.05, 0) is 24.7 Å². The normalized spacial score (nSPS) is 15.9. The van der Waals surface area contributed by atoms with Gasteiger partial charge < -0.3 is 15.4 Å². The molecule has 0 saturated heterocycles. The largest absolute Gasteiger partial charge is 0.385 e. The van der Waals surface area contributed by atoms with Crippen molar-refractivity contribution in [2.45, 2.75) is 38.6 Å². The van der Waals surface area contributed by atoms with Crippen LogP contribution < -0.4 is 10.6 Å². The number of nitrogens with one attached hydrogen (secondary N) is 2. The van der Waals surface area contributed by atoms with Gasteiger partial charge in [0.2, 0.25) is 0 Å². The molecule has 0 unspecified atom stereocenters. The Balaban J connectivity index is 0.00000280. The Kier molecular flexibility index (Phi) is 9.67. The number of ether oxygens (including phenoxy) is 1. The SMILES string of the molecule is CN=C(NCc1csc(-c2ccccc2)n1)NCC1(CCOC)CCCC1.I. The minimum atomic E-state index is 0. The van der Waals surface area contributed by atoms with Crippen molar-refractivity contribution in [2.75, 3.05) is 27.3 Å². The average Bonchev–Trinajstić information content (AvgIpc) is 3.37. The van der Waals surface area contributed by atoms with E-state index in [1.165, 1.54) is 25.7 Å². The molecular formula is C21H31IN4OS. The van der Waals surface area contributed by atoms with Gasteiger partial charge in [0.05, 0.1) is 12.2 Å². The number of methoxy groups -OCH3 is 1. The molecule has 1 aliphatic carbocycles. The van der Waals surface area contributed by atoms with E-state index >= 15 is 0 Å². The predicted molar refractivity (Wildman–Crippen MR) is 129 cm³/mol. The van der Waals surface area contributed by atoms with Gasteiger partial charge in [-0.15, -0.1) is 35.3 Å². The number of benzene rings is 1. The number of nitrogens with zero attached hydrogens (tertiary/aromatic N) is 2. The van der Waals surface area contributed by atoms with Crippen LogP contribution in [0.1, 0.15) is 37.8 Å². The first-order valence-electron chi connectivity index (χ1n) is 9.68. The third-order valence-electron chi connectivity index (χ3n) is 5.36. The molecular weight excluding hydrogens is 483 g/mol. The average molecular weight is 514 g/mol. The summed E-state index contributed by atoms with van der Waals surface area (Å²) in [5.74, 6) is 0.841.